The third-order valence-electron chi connectivity index (χ3n) is 3.29. The fourth-order valence-corrected chi connectivity index (χ4v) is 2.64. The smallest absolute Gasteiger partial charge is 0.302 e. The first-order chi connectivity index (χ1) is 6.16. The number of hydrogen-bond donors (Lipinski definition) is 0. The van der Waals surface area contributed by atoms with E-state index in [0.717, 1.165) is 25.7 Å². The molecule has 3 nitrogen and oxygen atoms in total. The second-order valence-corrected chi connectivity index (χ2v) is 4.22. The van der Waals surface area contributed by atoms with Crippen molar-refractivity contribution >= 4 is 5.97 Å². The topological polar surface area (TPSA) is 50.1 Å². The monoisotopic (exact) mass is 179 g/mol. The molecule has 2 bridgehead atoms. The van der Waals surface area contributed by atoms with Gasteiger partial charge < -0.3 is 4.74 Å². The quantitative estimate of drug-likeness (QED) is 0.575. The van der Waals surface area contributed by atoms with Gasteiger partial charge in [0.2, 0.25) is 0 Å². The van der Waals surface area contributed by atoms with E-state index in [1.54, 1.807) is 0 Å². The molecule has 0 heterocycles. The normalized spacial score (nSPS) is 41.5. The Bertz CT molecular complexity index is 273. The van der Waals surface area contributed by atoms with Crippen molar-refractivity contribution in [3.05, 3.63) is 0 Å². The van der Waals surface area contributed by atoms with Crippen LogP contribution in [-0.2, 0) is 9.53 Å². The van der Waals surface area contributed by atoms with Crippen molar-refractivity contribution in [3.8, 4) is 6.07 Å². The van der Waals surface area contributed by atoms with E-state index in [1.165, 1.54) is 6.92 Å². The third-order valence-corrected chi connectivity index (χ3v) is 3.29. The summed E-state index contributed by atoms with van der Waals surface area (Å²) in [6.45, 7) is 1.41. The van der Waals surface area contributed by atoms with E-state index in [4.69, 9.17) is 10.00 Å². The minimum atomic E-state index is -0.325. The van der Waals surface area contributed by atoms with Crippen molar-refractivity contribution in [2.24, 2.45) is 11.3 Å². The number of ether oxygens (including phenoxy) is 1. The predicted molar refractivity (Wildman–Crippen MR) is 45.6 cm³/mol. The molecule has 13 heavy (non-hydrogen) atoms. The Morgan fingerprint density at radius 3 is 2.77 bits per heavy atom. The summed E-state index contributed by atoms with van der Waals surface area (Å²) in [7, 11) is 0. The molecule has 3 rings (SSSR count). The molecule has 1 unspecified atom stereocenters. The molecular formula is C10H13NO2. The van der Waals surface area contributed by atoms with Crippen LogP contribution in [0.25, 0.3) is 0 Å². The SMILES string of the molecule is CC(=O)OC1CCC2CC1(C#N)C2. The molecule has 0 radical (unpaired) electrons. The summed E-state index contributed by atoms with van der Waals surface area (Å²) < 4.78 is 5.17. The molecule has 0 spiro atoms. The maximum absolute atomic E-state index is 10.8. The van der Waals surface area contributed by atoms with Crippen LogP contribution in [0.3, 0.4) is 0 Å². The van der Waals surface area contributed by atoms with Gasteiger partial charge in [-0.2, -0.15) is 5.26 Å². The average Bonchev–Trinajstić information content (AvgIpc) is 2.02. The Morgan fingerprint density at radius 2 is 2.23 bits per heavy atom. The Balaban J connectivity index is 2.09. The van der Waals surface area contributed by atoms with Gasteiger partial charge in [0.25, 0.3) is 0 Å². The molecule has 3 aliphatic rings. The Labute approximate surface area is 77.7 Å². The van der Waals surface area contributed by atoms with E-state index >= 15 is 0 Å². The number of nitrogens with zero attached hydrogens (tertiary/aromatic N) is 1. The summed E-state index contributed by atoms with van der Waals surface area (Å²) in [5.41, 5.74) is -0.325. The molecule has 3 fully saturated rings. The molecule has 3 heteroatoms. The first-order valence-corrected chi connectivity index (χ1v) is 4.75. The summed E-state index contributed by atoms with van der Waals surface area (Å²) in [5.74, 6) is 0.455. The number of esters is 1. The molecule has 0 aromatic heterocycles. The van der Waals surface area contributed by atoms with Crippen molar-refractivity contribution < 1.29 is 9.53 Å². The number of carbonyl (C=O) groups excluding carboxylic acids is 1. The lowest BCUT2D eigenvalue weighted by Crippen LogP contribution is -2.51. The fraction of sp³-hybridized carbons (Fsp3) is 0.800. The fourth-order valence-electron chi connectivity index (χ4n) is 2.64. The van der Waals surface area contributed by atoms with Gasteiger partial charge in [-0.1, -0.05) is 0 Å². The van der Waals surface area contributed by atoms with Gasteiger partial charge >= 0.3 is 5.97 Å². The molecule has 0 aromatic carbocycles. The summed E-state index contributed by atoms with van der Waals surface area (Å²) in [6.07, 6.45) is 3.71. The van der Waals surface area contributed by atoms with Crippen LogP contribution in [0, 0.1) is 22.7 Å². The number of nitriles is 1. The molecule has 0 saturated heterocycles. The molecule has 0 N–H and O–H groups in total. The summed E-state index contributed by atoms with van der Waals surface area (Å²) >= 11 is 0. The molecule has 0 amide bonds. The molecule has 3 aliphatic carbocycles. The van der Waals surface area contributed by atoms with E-state index < -0.39 is 0 Å². The zero-order chi connectivity index (χ0) is 9.47. The molecule has 1 atom stereocenters. The van der Waals surface area contributed by atoms with Crippen LogP contribution in [0.2, 0.25) is 0 Å². The summed E-state index contributed by atoms with van der Waals surface area (Å²) in [5, 5.41) is 9.03. The van der Waals surface area contributed by atoms with Gasteiger partial charge in [-0.05, 0) is 31.6 Å². The highest BCUT2D eigenvalue weighted by molar-refractivity contribution is 5.66. The highest BCUT2D eigenvalue weighted by atomic mass is 16.5. The zero-order valence-corrected chi connectivity index (χ0v) is 7.75. The molecule has 0 aliphatic heterocycles. The average molecular weight is 179 g/mol. The van der Waals surface area contributed by atoms with Gasteiger partial charge in [0, 0.05) is 6.92 Å². The van der Waals surface area contributed by atoms with Gasteiger partial charge in [0.15, 0.2) is 0 Å². The first-order valence-electron chi connectivity index (χ1n) is 4.75. The second kappa shape index (κ2) is 2.73. The zero-order valence-electron chi connectivity index (χ0n) is 7.75. The minimum Gasteiger partial charge on any atom is -0.461 e. The third kappa shape index (κ3) is 1.21. The second-order valence-electron chi connectivity index (χ2n) is 4.22. The largest absolute Gasteiger partial charge is 0.461 e. The van der Waals surface area contributed by atoms with Crippen LogP contribution >= 0.6 is 0 Å². The lowest BCUT2D eigenvalue weighted by atomic mass is 9.53. The van der Waals surface area contributed by atoms with E-state index in [-0.39, 0.29) is 17.5 Å². The number of hydrogen-bond acceptors (Lipinski definition) is 3. The van der Waals surface area contributed by atoms with Crippen molar-refractivity contribution in [2.75, 3.05) is 0 Å². The number of fused-ring (bicyclic) bond motifs is 2. The van der Waals surface area contributed by atoms with Crippen molar-refractivity contribution in [3.63, 3.8) is 0 Å². The van der Waals surface area contributed by atoms with Crippen LogP contribution < -0.4 is 0 Å². The predicted octanol–water partition coefficient (Wildman–Crippen LogP) is 1.63. The molecule has 70 valence electrons. The van der Waals surface area contributed by atoms with Crippen LogP contribution in [0.1, 0.15) is 32.6 Å². The Hall–Kier alpha value is -1.04. The Kier molecular flexibility index (Phi) is 1.80. The van der Waals surface area contributed by atoms with Gasteiger partial charge in [-0.15, -0.1) is 0 Å². The highest BCUT2D eigenvalue weighted by Crippen LogP contribution is 2.56. The lowest BCUT2D eigenvalue weighted by molar-refractivity contribution is -0.165. The van der Waals surface area contributed by atoms with Crippen molar-refractivity contribution in [1.29, 1.82) is 5.26 Å². The van der Waals surface area contributed by atoms with Crippen LogP contribution in [0.5, 0.6) is 0 Å². The number of carbonyl (C=O) groups is 1. The maximum atomic E-state index is 10.8. The van der Waals surface area contributed by atoms with E-state index in [1.807, 2.05) is 0 Å². The van der Waals surface area contributed by atoms with Gasteiger partial charge in [-0.25, -0.2) is 0 Å². The first kappa shape index (κ1) is 8.55. The molecular weight excluding hydrogens is 166 g/mol. The van der Waals surface area contributed by atoms with Crippen molar-refractivity contribution in [2.45, 2.75) is 38.7 Å². The molecule has 0 aromatic rings. The lowest BCUT2D eigenvalue weighted by Gasteiger charge is -2.51. The van der Waals surface area contributed by atoms with Crippen molar-refractivity contribution in [1.82, 2.24) is 0 Å². The van der Waals surface area contributed by atoms with E-state index in [2.05, 4.69) is 6.07 Å². The molecule has 3 saturated carbocycles. The van der Waals surface area contributed by atoms with Gasteiger partial charge in [0.1, 0.15) is 6.10 Å². The Morgan fingerprint density at radius 1 is 1.54 bits per heavy atom. The standard InChI is InChI=1S/C10H13NO2/c1-7(12)13-9-3-2-8-4-10(9,5-8)6-11/h8-9H,2-5H2,1H3. The van der Waals surface area contributed by atoms with Crippen LogP contribution in [0.15, 0.2) is 0 Å². The minimum absolute atomic E-state index is 0.139. The summed E-state index contributed by atoms with van der Waals surface area (Å²) in [6, 6.07) is 2.32. The maximum Gasteiger partial charge on any atom is 0.302 e. The van der Waals surface area contributed by atoms with Gasteiger partial charge in [0.05, 0.1) is 11.5 Å². The highest BCUT2D eigenvalue weighted by Gasteiger charge is 2.55. The summed E-state index contributed by atoms with van der Waals surface area (Å²) in [4.78, 5) is 10.8. The van der Waals surface area contributed by atoms with Gasteiger partial charge in [-0.3, -0.25) is 4.79 Å². The number of rotatable bonds is 1. The van der Waals surface area contributed by atoms with E-state index in [0.29, 0.717) is 5.92 Å². The van der Waals surface area contributed by atoms with Crippen LogP contribution in [0.4, 0.5) is 0 Å². The van der Waals surface area contributed by atoms with Crippen LogP contribution in [-0.4, -0.2) is 12.1 Å². The van der Waals surface area contributed by atoms with E-state index in [9.17, 15) is 4.79 Å².